The highest BCUT2D eigenvalue weighted by atomic mass is 16.5. The van der Waals surface area contributed by atoms with Crippen molar-refractivity contribution >= 4 is 11.8 Å². The molecule has 0 aliphatic carbocycles. The average molecular weight is 263 g/mol. The third kappa shape index (κ3) is 3.03. The van der Waals surface area contributed by atoms with E-state index in [9.17, 15) is 4.79 Å². The van der Waals surface area contributed by atoms with Gasteiger partial charge in [0.15, 0.2) is 11.5 Å². The highest BCUT2D eigenvalue weighted by Crippen LogP contribution is 2.27. The van der Waals surface area contributed by atoms with Gasteiger partial charge in [0.1, 0.15) is 0 Å². The van der Waals surface area contributed by atoms with Gasteiger partial charge in [0, 0.05) is 12.1 Å². The van der Waals surface area contributed by atoms with E-state index in [1.54, 1.807) is 13.0 Å². The van der Waals surface area contributed by atoms with Crippen LogP contribution >= 0.6 is 0 Å². The van der Waals surface area contributed by atoms with Crippen molar-refractivity contribution in [1.82, 2.24) is 10.2 Å². The smallest absolute Gasteiger partial charge is 0.358 e. The molecule has 0 unspecified atom stereocenters. The van der Waals surface area contributed by atoms with Crippen LogP contribution in [-0.4, -0.2) is 34.9 Å². The van der Waals surface area contributed by atoms with Crippen LogP contribution in [0.15, 0.2) is 12.1 Å². The third-order valence-electron chi connectivity index (χ3n) is 3.59. The van der Waals surface area contributed by atoms with E-state index in [1.165, 1.54) is 19.3 Å². The SMILES string of the molecule is CCOC(=O)c1ccc(N2[C@H](C)CCC[C@H]2C)nn1. The molecule has 1 aromatic rings. The lowest BCUT2D eigenvalue weighted by Gasteiger charge is -2.39. The number of carbonyl (C=O) groups is 1. The first-order chi connectivity index (χ1) is 9.13. The van der Waals surface area contributed by atoms with Crippen molar-refractivity contribution in [3.8, 4) is 0 Å². The Kier molecular flexibility index (Phi) is 4.35. The Hall–Kier alpha value is -1.65. The van der Waals surface area contributed by atoms with Gasteiger partial charge in [-0.15, -0.1) is 10.2 Å². The van der Waals surface area contributed by atoms with Gasteiger partial charge in [-0.05, 0) is 52.2 Å². The third-order valence-corrected chi connectivity index (χ3v) is 3.59. The van der Waals surface area contributed by atoms with Crippen LogP contribution in [0.25, 0.3) is 0 Å². The summed E-state index contributed by atoms with van der Waals surface area (Å²) in [5.41, 5.74) is 0.267. The Labute approximate surface area is 114 Å². The molecule has 1 fully saturated rings. The highest BCUT2D eigenvalue weighted by molar-refractivity contribution is 5.87. The van der Waals surface area contributed by atoms with Crippen LogP contribution in [0.2, 0.25) is 0 Å². The van der Waals surface area contributed by atoms with E-state index in [2.05, 4.69) is 28.9 Å². The molecule has 104 valence electrons. The van der Waals surface area contributed by atoms with Gasteiger partial charge in [-0.25, -0.2) is 4.79 Å². The van der Waals surface area contributed by atoms with Crippen molar-refractivity contribution in [2.24, 2.45) is 0 Å². The van der Waals surface area contributed by atoms with Crippen LogP contribution in [-0.2, 0) is 4.74 Å². The summed E-state index contributed by atoms with van der Waals surface area (Å²) in [4.78, 5) is 13.8. The number of aromatic nitrogens is 2. The summed E-state index contributed by atoms with van der Waals surface area (Å²) in [6.45, 7) is 6.53. The number of rotatable bonds is 3. The van der Waals surface area contributed by atoms with Crippen molar-refractivity contribution in [1.29, 1.82) is 0 Å². The molecule has 0 saturated carbocycles. The number of hydrogen-bond acceptors (Lipinski definition) is 5. The Morgan fingerprint density at radius 3 is 2.53 bits per heavy atom. The van der Waals surface area contributed by atoms with Crippen LogP contribution < -0.4 is 4.90 Å². The van der Waals surface area contributed by atoms with E-state index < -0.39 is 5.97 Å². The molecule has 0 bridgehead atoms. The van der Waals surface area contributed by atoms with E-state index >= 15 is 0 Å². The highest BCUT2D eigenvalue weighted by Gasteiger charge is 2.26. The lowest BCUT2D eigenvalue weighted by molar-refractivity contribution is 0.0518. The number of ether oxygens (including phenoxy) is 1. The van der Waals surface area contributed by atoms with Crippen molar-refractivity contribution in [3.05, 3.63) is 17.8 Å². The first kappa shape index (κ1) is 13.8. The van der Waals surface area contributed by atoms with Gasteiger partial charge in [0.2, 0.25) is 0 Å². The summed E-state index contributed by atoms with van der Waals surface area (Å²) in [6.07, 6.45) is 3.60. The minimum atomic E-state index is -0.415. The van der Waals surface area contributed by atoms with E-state index in [4.69, 9.17) is 4.74 Å². The van der Waals surface area contributed by atoms with E-state index in [1.807, 2.05) is 6.07 Å². The van der Waals surface area contributed by atoms with Gasteiger partial charge in [-0.3, -0.25) is 0 Å². The summed E-state index contributed by atoms with van der Waals surface area (Å²) in [5.74, 6) is 0.425. The Morgan fingerprint density at radius 1 is 1.32 bits per heavy atom. The van der Waals surface area contributed by atoms with Gasteiger partial charge >= 0.3 is 5.97 Å². The number of piperidine rings is 1. The summed E-state index contributed by atoms with van der Waals surface area (Å²) in [6, 6.07) is 4.48. The van der Waals surface area contributed by atoms with Crippen LogP contribution in [0.5, 0.6) is 0 Å². The molecule has 1 aliphatic heterocycles. The van der Waals surface area contributed by atoms with Crippen molar-refractivity contribution < 1.29 is 9.53 Å². The van der Waals surface area contributed by atoms with Crippen LogP contribution in [0.3, 0.4) is 0 Å². The van der Waals surface area contributed by atoms with Gasteiger partial charge in [0.25, 0.3) is 0 Å². The van der Waals surface area contributed by atoms with Gasteiger partial charge in [-0.2, -0.15) is 0 Å². The van der Waals surface area contributed by atoms with E-state index in [0.29, 0.717) is 18.7 Å². The van der Waals surface area contributed by atoms with E-state index in [-0.39, 0.29) is 5.69 Å². The Morgan fingerprint density at radius 2 is 2.00 bits per heavy atom. The number of esters is 1. The Bertz CT molecular complexity index is 423. The molecule has 0 spiro atoms. The van der Waals surface area contributed by atoms with Crippen LogP contribution in [0.4, 0.5) is 5.82 Å². The minimum absolute atomic E-state index is 0.267. The fourth-order valence-corrected chi connectivity index (χ4v) is 2.65. The lowest BCUT2D eigenvalue weighted by atomic mass is 9.97. The zero-order valence-electron chi connectivity index (χ0n) is 11.8. The fourth-order valence-electron chi connectivity index (χ4n) is 2.65. The second-order valence-corrected chi connectivity index (χ2v) is 5.03. The molecule has 5 heteroatoms. The minimum Gasteiger partial charge on any atom is -0.461 e. The molecule has 2 heterocycles. The first-order valence-corrected chi connectivity index (χ1v) is 6.92. The largest absolute Gasteiger partial charge is 0.461 e. The summed E-state index contributed by atoms with van der Waals surface area (Å²) in [7, 11) is 0. The van der Waals surface area contributed by atoms with Crippen molar-refractivity contribution in [2.45, 2.75) is 52.1 Å². The predicted molar refractivity (Wildman–Crippen MR) is 73.2 cm³/mol. The maximum absolute atomic E-state index is 11.5. The monoisotopic (exact) mass is 263 g/mol. The van der Waals surface area contributed by atoms with Gasteiger partial charge < -0.3 is 9.64 Å². The first-order valence-electron chi connectivity index (χ1n) is 6.92. The summed E-state index contributed by atoms with van der Waals surface area (Å²) < 4.78 is 4.90. The molecule has 5 nitrogen and oxygen atoms in total. The normalized spacial score (nSPS) is 23.2. The standard InChI is InChI=1S/C14H21N3O2/c1-4-19-14(18)12-8-9-13(16-15-12)17-10(2)6-5-7-11(17)3/h8-11H,4-7H2,1-3H3/t10-,11-/m1/s1. The summed E-state index contributed by atoms with van der Waals surface area (Å²) in [5, 5.41) is 8.16. The second kappa shape index (κ2) is 5.99. The molecule has 1 saturated heterocycles. The van der Waals surface area contributed by atoms with Crippen molar-refractivity contribution in [3.63, 3.8) is 0 Å². The molecule has 1 aliphatic rings. The predicted octanol–water partition coefficient (Wildman–Crippen LogP) is 2.42. The molecule has 1 aromatic heterocycles. The van der Waals surface area contributed by atoms with Crippen LogP contribution in [0.1, 0.15) is 50.5 Å². The zero-order chi connectivity index (χ0) is 13.8. The molecule has 2 atom stereocenters. The maximum Gasteiger partial charge on any atom is 0.358 e. The quantitative estimate of drug-likeness (QED) is 0.784. The molecule has 0 aromatic carbocycles. The van der Waals surface area contributed by atoms with Gasteiger partial charge in [0.05, 0.1) is 6.61 Å². The topological polar surface area (TPSA) is 55.3 Å². The van der Waals surface area contributed by atoms with Crippen molar-refractivity contribution in [2.75, 3.05) is 11.5 Å². The zero-order valence-corrected chi connectivity index (χ0v) is 11.8. The van der Waals surface area contributed by atoms with E-state index in [0.717, 1.165) is 5.82 Å². The molecular weight excluding hydrogens is 242 g/mol. The molecule has 0 N–H and O–H groups in total. The van der Waals surface area contributed by atoms with Crippen LogP contribution in [0, 0.1) is 0 Å². The summed E-state index contributed by atoms with van der Waals surface area (Å²) >= 11 is 0. The molecule has 2 rings (SSSR count). The number of anilines is 1. The molecule has 0 amide bonds. The molecular formula is C14H21N3O2. The Balaban J connectivity index is 2.15. The fraction of sp³-hybridized carbons (Fsp3) is 0.643. The average Bonchev–Trinajstić information content (AvgIpc) is 2.39. The number of hydrogen-bond donors (Lipinski definition) is 0. The number of carbonyl (C=O) groups excluding carboxylic acids is 1. The molecule has 19 heavy (non-hydrogen) atoms. The lowest BCUT2D eigenvalue weighted by Crippen LogP contribution is -2.44. The van der Waals surface area contributed by atoms with Gasteiger partial charge in [-0.1, -0.05) is 0 Å². The maximum atomic E-state index is 11.5. The molecule has 0 radical (unpaired) electrons. The number of nitrogens with zero attached hydrogens (tertiary/aromatic N) is 3. The second-order valence-electron chi connectivity index (χ2n) is 5.03.